The van der Waals surface area contributed by atoms with Crippen LogP contribution in [-0.2, 0) is 23.1 Å². The highest BCUT2D eigenvalue weighted by molar-refractivity contribution is 7.92. The summed E-state index contributed by atoms with van der Waals surface area (Å²) in [6.45, 7) is 4.81. The van der Waals surface area contributed by atoms with E-state index < -0.39 is 15.8 Å². The van der Waals surface area contributed by atoms with Crippen molar-refractivity contribution in [2.24, 2.45) is 0 Å². The molecule has 1 aromatic carbocycles. The maximum Gasteiger partial charge on any atom is 0.419 e. The molecule has 0 atom stereocenters. The molecule has 0 unspecified atom stereocenters. The summed E-state index contributed by atoms with van der Waals surface area (Å²) in [7, 11) is -3.78. The highest BCUT2D eigenvalue weighted by Gasteiger charge is 2.18. The molecule has 0 saturated carbocycles. The van der Waals surface area contributed by atoms with E-state index in [0.29, 0.717) is 24.3 Å². The lowest BCUT2D eigenvalue weighted by molar-refractivity contribution is 0.512. The third-order valence-corrected chi connectivity index (χ3v) is 4.85. The maximum atomic E-state index is 12.4. The van der Waals surface area contributed by atoms with Gasteiger partial charge in [0, 0.05) is 25.4 Å². The molecule has 3 rings (SSSR count). The van der Waals surface area contributed by atoms with Gasteiger partial charge < -0.3 is 4.42 Å². The number of rotatable bonds is 5. The summed E-state index contributed by atoms with van der Waals surface area (Å²) >= 11 is 0. The van der Waals surface area contributed by atoms with Crippen molar-refractivity contribution in [3.8, 4) is 0 Å². The molecule has 0 radical (unpaired) electrons. The van der Waals surface area contributed by atoms with Gasteiger partial charge in [-0.2, -0.15) is 5.10 Å². The number of nitrogens with one attached hydrogen (secondary N) is 1. The number of hydrogen-bond donors (Lipinski definition) is 1. The molecule has 0 bridgehead atoms. The first-order valence-electron chi connectivity index (χ1n) is 7.13. The Morgan fingerprint density at radius 1 is 1.26 bits per heavy atom. The first-order valence-corrected chi connectivity index (χ1v) is 8.61. The molecule has 0 fully saturated rings. The molecule has 0 aliphatic rings. The van der Waals surface area contributed by atoms with Crippen molar-refractivity contribution >= 4 is 26.8 Å². The minimum atomic E-state index is -3.78. The third kappa shape index (κ3) is 2.74. The highest BCUT2D eigenvalue weighted by atomic mass is 32.2. The molecule has 122 valence electrons. The van der Waals surface area contributed by atoms with Gasteiger partial charge in [-0.15, -0.1) is 0 Å². The van der Waals surface area contributed by atoms with Crippen LogP contribution in [0.4, 0.5) is 5.69 Å². The summed E-state index contributed by atoms with van der Waals surface area (Å²) in [6.07, 6.45) is 3.04. The summed E-state index contributed by atoms with van der Waals surface area (Å²) in [4.78, 5) is 11.7. The predicted molar refractivity (Wildman–Crippen MR) is 84.9 cm³/mol. The highest BCUT2D eigenvalue weighted by Crippen LogP contribution is 2.21. The van der Waals surface area contributed by atoms with Gasteiger partial charge in [0.05, 0.1) is 22.3 Å². The number of oxazole rings is 1. The van der Waals surface area contributed by atoms with E-state index in [1.54, 1.807) is 16.9 Å². The Labute approximate surface area is 132 Å². The van der Waals surface area contributed by atoms with Gasteiger partial charge in [-0.25, -0.2) is 13.2 Å². The van der Waals surface area contributed by atoms with Gasteiger partial charge in [-0.1, -0.05) is 0 Å². The number of fused-ring (bicyclic) bond motifs is 1. The van der Waals surface area contributed by atoms with Crippen LogP contribution in [0, 0.1) is 0 Å². The zero-order valence-corrected chi connectivity index (χ0v) is 13.5. The van der Waals surface area contributed by atoms with Crippen LogP contribution < -0.4 is 10.5 Å². The van der Waals surface area contributed by atoms with Crippen LogP contribution in [0.3, 0.4) is 0 Å². The van der Waals surface area contributed by atoms with Crippen LogP contribution >= 0.6 is 0 Å². The molecule has 2 aromatic heterocycles. The number of sulfonamides is 1. The fraction of sp³-hybridized carbons (Fsp3) is 0.286. The molecular formula is C14H16N4O4S. The van der Waals surface area contributed by atoms with E-state index in [2.05, 4.69) is 9.82 Å². The Bertz CT molecular complexity index is 1010. The standard InChI is InChI=1S/C14H16N4O4S/c1-3-17-9-10(8-15-17)16-23(20,21)11-5-6-12-13(7-11)22-14(19)18(12)4-2/h5-9,16H,3-4H2,1-2H3. The first kappa shape index (κ1) is 15.3. The molecule has 1 N–H and O–H groups in total. The van der Waals surface area contributed by atoms with Crippen molar-refractivity contribution in [2.45, 2.75) is 31.8 Å². The summed E-state index contributed by atoms with van der Waals surface area (Å²) < 4.78 is 35.5. The predicted octanol–water partition coefficient (Wildman–Crippen LogP) is 1.63. The summed E-state index contributed by atoms with van der Waals surface area (Å²) in [6, 6.07) is 4.35. The van der Waals surface area contributed by atoms with Crippen LogP contribution in [0.1, 0.15) is 13.8 Å². The monoisotopic (exact) mass is 336 g/mol. The molecule has 0 aliphatic carbocycles. The Morgan fingerprint density at radius 3 is 2.70 bits per heavy atom. The molecule has 8 nitrogen and oxygen atoms in total. The molecule has 0 amide bonds. The third-order valence-electron chi connectivity index (χ3n) is 3.48. The van der Waals surface area contributed by atoms with Crippen molar-refractivity contribution in [3.63, 3.8) is 0 Å². The van der Waals surface area contributed by atoms with E-state index in [4.69, 9.17) is 4.42 Å². The number of nitrogens with zero attached hydrogens (tertiary/aromatic N) is 3. The molecule has 23 heavy (non-hydrogen) atoms. The van der Waals surface area contributed by atoms with E-state index in [1.807, 2.05) is 13.8 Å². The quantitative estimate of drug-likeness (QED) is 0.763. The van der Waals surface area contributed by atoms with E-state index in [-0.39, 0.29) is 10.5 Å². The molecule has 2 heterocycles. The fourth-order valence-corrected chi connectivity index (χ4v) is 3.36. The minimum Gasteiger partial charge on any atom is -0.408 e. The lowest BCUT2D eigenvalue weighted by Gasteiger charge is -2.05. The Morgan fingerprint density at radius 2 is 2.04 bits per heavy atom. The van der Waals surface area contributed by atoms with Crippen LogP contribution in [0.25, 0.3) is 11.1 Å². The van der Waals surface area contributed by atoms with Crippen LogP contribution in [0.2, 0.25) is 0 Å². The topological polar surface area (TPSA) is 99.1 Å². The number of aromatic nitrogens is 3. The van der Waals surface area contributed by atoms with E-state index in [0.717, 1.165) is 0 Å². The van der Waals surface area contributed by atoms with E-state index in [9.17, 15) is 13.2 Å². The lowest BCUT2D eigenvalue weighted by Crippen LogP contribution is -2.13. The Balaban J connectivity index is 1.99. The van der Waals surface area contributed by atoms with E-state index in [1.165, 1.54) is 22.9 Å². The van der Waals surface area contributed by atoms with Gasteiger partial charge in [0.1, 0.15) is 0 Å². The summed E-state index contributed by atoms with van der Waals surface area (Å²) in [5.41, 5.74) is 1.18. The van der Waals surface area contributed by atoms with Crippen molar-refractivity contribution in [1.29, 1.82) is 0 Å². The van der Waals surface area contributed by atoms with Crippen molar-refractivity contribution in [2.75, 3.05) is 4.72 Å². The Kier molecular flexibility index (Phi) is 3.72. The molecule has 0 spiro atoms. The zero-order chi connectivity index (χ0) is 16.6. The average molecular weight is 336 g/mol. The van der Waals surface area contributed by atoms with Crippen molar-refractivity contribution in [3.05, 3.63) is 41.1 Å². The van der Waals surface area contributed by atoms with E-state index >= 15 is 0 Å². The van der Waals surface area contributed by atoms with Gasteiger partial charge >= 0.3 is 5.76 Å². The molecule has 0 aliphatic heterocycles. The fourth-order valence-electron chi connectivity index (χ4n) is 2.32. The second kappa shape index (κ2) is 5.58. The normalized spacial score (nSPS) is 11.9. The van der Waals surface area contributed by atoms with Gasteiger partial charge in [0.2, 0.25) is 0 Å². The van der Waals surface area contributed by atoms with Gasteiger partial charge in [0.15, 0.2) is 5.58 Å². The van der Waals surface area contributed by atoms with Gasteiger partial charge in [-0.3, -0.25) is 14.0 Å². The zero-order valence-electron chi connectivity index (χ0n) is 12.7. The summed E-state index contributed by atoms with van der Waals surface area (Å²) in [5, 5.41) is 4.02. The smallest absolute Gasteiger partial charge is 0.408 e. The molecular weight excluding hydrogens is 320 g/mol. The van der Waals surface area contributed by atoms with Crippen molar-refractivity contribution in [1.82, 2.24) is 14.3 Å². The number of hydrogen-bond acceptors (Lipinski definition) is 5. The largest absolute Gasteiger partial charge is 0.419 e. The second-order valence-corrected chi connectivity index (χ2v) is 6.61. The molecule has 9 heteroatoms. The SMILES string of the molecule is CCn1cc(NS(=O)(=O)c2ccc3c(c2)oc(=O)n3CC)cn1. The summed E-state index contributed by atoms with van der Waals surface area (Å²) in [5.74, 6) is -0.505. The minimum absolute atomic E-state index is 0.0197. The average Bonchev–Trinajstić information content (AvgIpc) is 3.08. The second-order valence-electron chi connectivity index (χ2n) is 4.93. The number of aryl methyl sites for hydroxylation is 2. The first-order chi connectivity index (χ1) is 10.9. The van der Waals surface area contributed by atoms with Crippen molar-refractivity contribution < 1.29 is 12.8 Å². The number of benzene rings is 1. The van der Waals surface area contributed by atoms with Crippen LogP contribution in [-0.4, -0.2) is 22.8 Å². The molecule has 3 aromatic rings. The van der Waals surface area contributed by atoms with Crippen LogP contribution in [0.5, 0.6) is 0 Å². The van der Waals surface area contributed by atoms with Gasteiger partial charge in [0.25, 0.3) is 10.0 Å². The molecule has 0 saturated heterocycles. The Hall–Kier alpha value is -2.55. The number of anilines is 1. The van der Waals surface area contributed by atoms with Crippen LogP contribution in [0.15, 0.2) is 44.7 Å². The van der Waals surface area contributed by atoms with Gasteiger partial charge in [-0.05, 0) is 26.0 Å². The maximum absolute atomic E-state index is 12.4. The lowest BCUT2D eigenvalue weighted by atomic mass is 10.3.